The van der Waals surface area contributed by atoms with Crippen molar-refractivity contribution in [3.63, 3.8) is 0 Å². The van der Waals surface area contributed by atoms with Crippen molar-refractivity contribution in [1.82, 2.24) is 5.32 Å². The first-order valence-corrected chi connectivity index (χ1v) is 20.4. The Morgan fingerprint density at radius 3 is 2.10 bits per heavy atom. The molecule has 4 N–H and O–H groups in total. The summed E-state index contributed by atoms with van der Waals surface area (Å²) < 4.78 is 30.4. The zero-order chi connectivity index (χ0) is 44.8. The van der Waals surface area contributed by atoms with E-state index in [-0.39, 0.29) is 30.6 Å². The van der Waals surface area contributed by atoms with Crippen molar-refractivity contribution < 1.29 is 67.8 Å². The summed E-state index contributed by atoms with van der Waals surface area (Å²) in [6.45, 7) is 11.4. The van der Waals surface area contributed by atoms with Crippen LogP contribution in [-0.4, -0.2) is 105 Å². The summed E-state index contributed by atoms with van der Waals surface area (Å²) >= 11 is 0. The van der Waals surface area contributed by atoms with E-state index in [0.717, 1.165) is 13.8 Å². The van der Waals surface area contributed by atoms with Gasteiger partial charge in [-0.2, -0.15) is 0 Å². The second-order valence-corrected chi connectivity index (χ2v) is 17.4. The fourth-order valence-corrected chi connectivity index (χ4v) is 10.1. The highest BCUT2D eigenvalue weighted by atomic mass is 16.6. The number of amides is 1. The number of aliphatic hydroxyl groups is 3. The van der Waals surface area contributed by atoms with Crippen molar-refractivity contribution >= 4 is 35.6 Å². The molecular formula is C46H55NO14. The highest BCUT2D eigenvalue weighted by Crippen LogP contribution is 2.64. The van der Waals surface area contributed by atoms with E-state index in [2.05, 4.69) is 5.32 Å². The average Bonchev–Trinajstić information content (AvgIpc) is 3.28. The number of rotatable bonds is 10. The lowest BCUT2D eigenvalue weighted by atomic mass is 9.46. The number of ketones is 1. The Morgan fingerprint density at radius 1 is 0.918 bits per heavy atom. The largest absolute Gasteiger partial charge is 0.460 e. The molecule has 2 aromatic carbocycles. The molecule has 61 heavy (non-hydrogen) atoms. The summed E-state index contributed by atoms with van der Waals surface area (Å²) in [6, 6.07) is 14.9. The van der Waals surface area contributed by atoms with Crippen molar-refractivity contribution in [3.05, 3.63) is 94.6 Å². The van der Waals surface area contributed by atoms with E-state index in [0.29, 0.717) is 16.7 Å². The normalized spacial score (nSPS) is 32.8. The van der Waals surface area contributed by atoms with Crippen LogP contribution in [0.2, 0.25) is 0 Å². The number of allylic oxidation sites excluding steroid dienone is 1. The van der Waals surface area contributed by atoms with Crippen LogP contribution in [0.4, 0.5) is 0 Å². The van der Waals surface area contributed by atoms with Crippen LogP contribution in [0.3, 0.4) is 0 Å². The fraction of sp³-hybridized carbons (Fsp3) is 0.522. The van der Waals surface area contributed by atoms with Crippen LogP contribution in [0.25, 0.3) is 0 Å². The third kappa shape index (κ3) is 7.81. The Kier molecular flexibility index (Phi) is 12.6. The van der Waals surface area contributed by atoms with E-state index < -0.39 is 113 Å². The van der Waals surface area contributed by atoms with Gasteiger partial charge in [0.1, 0.15) is 23.9 Å². The third-order valence-electron chi connectivity index (χ3n) is 13.4. The first-order chi connectivity index (χ1) is 28.6. The molecule has 15 nitrogen and oxygen atoms in total. The number of benzene rings is 2. The molecular weight excluding hydrogens is 790 g/mol. The highest BCUT2D eigenvalue weighted by molar-refractivity contribution is 5.96. The predicted molar refractivity (Wildman–Crippen MR) is 216 cm³/mol. The number of aliphatic hydroxyl groups excluding tert-OH is 2. The monoisotopic (exact) mass is 845 g/mol. The molecule has 0 aromatic heterocycles. The minimum atomic E-state index is -2.40. The maximum atomic E-state index is 15.4. The number of hydrogen-bond acceptors (Lipinski definition) is 14. The quantitative estimate of drug-likeness (QED) is 0.116. The van der Waals surface area contributed by atoms with E-state index >= 15 is 4.79 Å². The Bertz CT molecular complexity index is 2130. The molecule has 1 aliphatic heterocycles. The SMILES string of the molecule is C/C=C(\C)C(=O)N[C@@H](c1ccccc1)[C@@H](O)C(=O)O[C@@H]1CC(C)=C2[C@@H](OC(C)=O)C(=O)[C@@]3(C)[C@H]([C@H](OC(=O)c4ccccc4)[C@](O)(C1)C2(C)C)[C@]1(OC(C)=O)CO[C@@H]1C[C@@H]3O. The van der Waals surface area contributed by atoms with Gasteiger partial charge in [0.2, 0.25) is 5.91 Å². The van der Waals surface area contributed by atoms with Gasteiger partial charge in [0, 0.05) is 44.1 Å². The summed E-state index contributed by atoms with van der Waals surface area (Å²) in [5.74, 6) is -6.62. The maximum absolute atomic E-state index is 15.4. The van der Waals surface area contributed by atoms with Gasteiger partial charge in [-0.3, -0.25) is 19.2 Å². The van der Waals surface area contributed by atoms with Gasteiger partial charge in [-0.1, -0.05) is 74.0 Å². The second-order valence-electron chi connectivity index (χ2n) is 17.4. The number of Topliss-reactive ketones (excluding diaryl/α,β-unsaturated/α-hetero) is 1. The van der Waals surface area contributed by atoms with Gasteiger partial charge in [0.15, 0.2) is 23.6 Å². The molecule has 0 spiro atoms. The lowest BCUT2D eigenvalue weighted by Gasteiger charge is -2.66. The molecule has 2 bridgehead atoms. The predicted octanol–water partition coefficient (Wildman–Crippen LogP) is 3.78. The first-order valence-electron chi connectivity index (χ1n) is 20.4. The Labute approximate surface area is 354 Å². The number of nitrogens with one attached hydrogen (secondary N) is 1. The number of ether oxygens (including phenoxy) is 5. The molecule has 1 saturated heterocycles. The van der Waals surface area contributed by atoms with Gasteiger partial charge in [0.25, 0.3) is 0 Å². The standard InChI is InChI=1S/C46H55NO14/c1-9-24(2)40(53)47-34(28-16-12-10-13-17-28)35(51)42(55)59-30-20-25(3)33-36(58-26(4)48)38(52)44(8)31(50)21-32-45(23-57-32,61-27(5)49)37(44)39(46(56,22-30)43(33,6)7)60-41(54)29-18-14-11-15-19-29/h9-19,30-32,34-37,39,50-51,56H,20-23H2,1-8H3,(H,47,53)/b24-9+/t30-,31+,32-,34+,35-,36-,37+,39+,44-,45+,46-/m1/s1. The van der Waals surface area contributed by atoms with Crippen LogP contribution in [0.1, 0.15) is 96.6 Å². The van der Waals surface area contributed by atoms with E-state index in [1.54, 1.807) is 89.2 Å². The Hall–Kier alpha value is -5.22. The van der Waals surface area contributed by atoms with Gasteiger partial charge < -0.3 is 44.3 Å². The number of carbonyl (C=O) groups is 6. The minimum absolute atomic E-state index is 0.0740. The fourth-order valence-electron chi connectivity index (χ4n) is 10.1. The van der Waals surface area contributed by atoms with E-state index in [9.17, 15) is 39.3 Å². The average molecular weight is 846 g/mol. The number of hydrogen-bond donors (Lipinski definition) is 4. The molecule has 2 aromatic rings. The van der Waals surface area contributed by atoms with Crippen LogP contribution >= 0.6 is 0 Å². The topological polar surface area (TPSA) is 221 Å². The second kappa shape index (κ2) is 16.9. The van der Waals surface area contributed by atoms with Crippen LogP contribution in [0, 0.1) is 16.7 Å². The maximum Gasteiger partial charge on any atom is 0.338 e. The minimum Gasteiger partial charge on any atom is -0.460 e. The molecule has 15 heteroatoms. The Balaban J connectivity index is 1.55. The zero-order valence-electron chi connectivity index (χ0n) is 35.6. The van der Waals surface area contributed by atoms with E-state index in [1.807, 2.05) is 0 Å². The summed E-state index contributed by atoms with van der Waals surface area (Å²) in [4.78, 5) is 83.0. The van der Waals surface area contributed by atoms with Gasteiger partial charge >= 0.3 is 23.9 Å². The molecule has 1 amide bonds. The van der Waals surface area contributed by atoms with E-state index in [4.69, 9.17) is 23.7 Å². The number of esters is 4. The molecule has 11 atom stereocenters. The van der Waals surface area contributed by atoms with E-state index in [1.165, 1.54) is 19.1 Å². The number of carbonyl (C=O) groups excluding carboxylic acids is 6. The Morgan fingerprint density at radius 2 is 1.54 bits per heavy atom. The van der Waals surface area contributed by atoms with Crippen LogP contribution in [0.5, 0.6) is 0 Å². The smallest absolute Gasteiger partial charge is 0.338 e. The van der Waals surface area contributed by atoms with Gasteiger partial charge in [-0.15, -0.1) is 0 Å². The highest BCUT2D eigenvalue weighted by Gasteiger charge is 2.78. The van der Waals surface area contributed by atoms with Crippen molar-refractivity contribution in [2.75, 3.05) is 6.61 Å². The lowest BCUT2D eigenvalue weighted by Crippen LogP contribution is -2.81. The molecule has 3 fully saturated rings. The first kappa shape index (κ1) is 45.3. The molecule has 3 aliphatic carbocycles. The molecule has 6 rings (SSSR count). The van der Waals surface area contributed by atoms with Gasteiger partial charge in [-0.25, -0.2) is 9.59 Å². The van der Waals surface area contributed by atoms with Crippen LogP contribution in [-0.2, 0) is 47.7 Å². The lowest BCUT2D eigenvalue weighted by molar-refractivity contribution is -0.345. The summed E-state index contributed by atoms with van der Waals surface area (Å²) in [6.07, 6.45) is -8.76. The summed E-state index contributed by atoms with van der Waals surface area (Å²) in [5, 5.41) is 40.3. The summed E-state index contributed by atoms with van der Waals surface area (Å²) in [5.41, 5.74) is -6.61. The molecule has 1 heterocycles. The van der Waals surface area contributed by atoms with Gasteiger partial charge in [-0.05, 0) is 51.0 Å². The molecule has 4 aliphatic rings. The zero-order valence-corrected chi connectivity index (χ0v) is 35.6. The number of fused-ring (bicyclic) bond motifs is 5. The van der Waals surface area contributed by atoms with Crippen molar-refractivity contribution in [1.29, 1.82) is 0 Å². The van der Waals surface area contributed by atoms with Gasteiger partial charge in [0.05, 0.1) is 35.6 Å². The summed E-state index contributed by atoms with van der Waals surface area (Å²) in [7, 11) is 0. The molecule has 328 valence electrons. The van der Waals surface area contributed by atoms with Crippen LogP contribution < -0.4 is 5.32 Å². The molecule has 2 saturated carbocycles. The van der Waals surface area contributed by atoms with Crippen molar-refractivity contribution in [3.8, 4) is 0 Å². The molecule has 0 radical (unpaired) electrons. The van der Waals surface area contributed by atoms with Crippen molar-refractivity contribution in [2.24, 2.45) is 16.7 Å². The van der Waals surface area contributed by atoms with Crippen molar-refractivity contribution in [2.45, 2.75) is 129 Å². The third-order valence-corrected chi connectivity index (χ3v) is 13.4. The van der Waals surface area contributed by atoms with Crippen LogP contribution in [0.15, 0.2) is 83.5 Å². The molecule has 0 unspecified atom stereocenters.